The van der Waals surface area contributed by atoms with Gasteiger partial charge in [-0.3, -0.25) is 9.59 Å². The summed E-state index contributed by atoms with van der Waals surface area (Å²) in [5.74, 6) is -1.21. The Labute approximate surface area is 163 Å². The summed E-state index contributed by atoms with van der Waals surface area (Å²) in [6.45, 7) is 5.28. The second kappa shape index (κ2) is 9.55. The number of hydrogen-bond acceptors (Lipinski definition) is 5. The molecule has 2 aromatic rings. The summed E-state index contributed by atoms with van der Waals surface area (Å²) in [6, 6.07) is 11.8. The summed E-state index contributed by atoms with van der Waals surface area (Å²) in [5.41, 5.74) is 8.57. The molecule has 0 heterocycles. The standard InChI is InChI=1S/C21H24N2O5/c1-13-4-5-17(10-14(13)2)15(3)23-20(25)12-28-21(26)16-6-8-18(9-7-16)27-11-19(22)24/h4-10,15H,11-12H2,1-3H3,(H2,22,24)(H,23,25)/t15-/m1/s1. The largest absolute Gasteiger partial charge is 0.484 e. The lowest BCUT2D eigenvalue weighted by molar-refractivity contribution is -0.125. The minimum absolute atomic E-state index is 0.202. The number of carbonyl (C=O) groups excluding carboxylic acids is 3. The molecule has 3 N–H and O–H groups in total. The number of primary amides is 1. The Bertz CT molecular complexity index is 862. The molecule has 0 bridgehead atoms. The van der Waals surface area contributed by atoms with Gasteiger partial charge in [-0.2, -0.15) is 0 Å². The number of nitrogens with one attached hydrogen (secondary N) is 1. The predicted molar refractivity (Wildman–Crippen MR) is 104 cm³/mol. The van der Waals surface area contributed by atoms with Crippen LogP contribution in [0.3, 0.4) is 0 Å². The van der Waals surface area contributed by atoms with Gasteiger partial charge in [0.05, 0.1) is 11.6 Å². The molecule has 0 spiro atoms. The number of esters is 1. The zero-order valence-corrected chi connectivity index (χ0v) is 16.2. The molecule has 1 atom stereocenters. The monoisotopic (exact) mass is 384 g/mol. The fourth-order valence-corrected chi connectivity index (χ4v) is 2.46. The highest BCUT2D eigenvalue weighted by Gasteiger charge is 2.14. The number of ether oxygens (including phenoxy) is 2. The number of aryl methyl sites for hydroxylation is 2. The van der Waals surface area contributed by atoms with E-state index in [4.69, 9.17) is 15.2 Å². The first kappa shape index (κ1) is 21.0. The average Bonchev–Trinajstić information content (AvgIpc) is 2.66. The van der Waals surface area contributed by atoms with Gasteiger partial charge in [0, 0.05) is 0 Å². The Balaban J connectivity index is 1.83. The van der Waals surface area contributed by atoms with Crippen molar-refractivity contribution in [2.75, 3.05) is 13.2 Å². The van der Waals surface area contributed by atoms with Crippen LogP contribution < -0.4 is 15.8 Å². The van der Waals surface area contributed by atoms with Crippen LogP contribution in [0.25, 0.3) is 0 Å². The summed E-state index contributed by atoms with van der Waals surface area (Å²) in [5, 5.41) is 2.81. The number of rotatable bonds is 8. The Hall–Kier alpha value is -3.35. The van der Waals surface area contributed by atoms with Crippen molar-refractivity contribution >= 4 is 17.8 Å². The van der Waals surface area contributed by atoms with Gasteiger partial charge in [-0.25, -0.2) is 4.79 Å². The van der Waals surface area contributed by atoms with Crippen molar-refractivity contribution in [1.82, 2.24) is 5.32 Å². The average molecular weight is 384 g/mol. The Morgan fingerprint density at radius 3 is 2.29 bits per heavy atom. The van der Waals surface area contributed by atoms with Gasteiger partial charge in [0.25, 0.3) is 11.8 Å². The maximum atomic E-state index is 12.1. The van der Waals surface area contributed by atoms with Crippen LogP contribution in [0.2, 0.25) is 0 Å². The molecule has 0 fully saturated rings. The van der Waals surface area contributed by atoms with E-state index in [2.05, 4.69) is 5.32 Å². The van der Waals surface area contributed by atoms with Crippen LogP contribution in [-0.4, -0.2) is 31.0 Å². The smallest absolute Gasteiger partial charge is 0.338 e. The lowest BCUT2D eigenvalue weighted by Crippen LogP contribution is -2.31. The van der Waals surface area contributed by atoms with Crippen LogP contribution in [0.4, 0.5) is 0 Å². The highest BCUT2D eigenvalue weighted by atomic mass is 16.5. The Kier molecular flexibility index (Phi) is 7.14. The van der Waals surface area contributed by atoms with Crippen molar-refractivity contribution in [2.45, 2.75) is 26.8 Å². The minimum atomic E-state index is -0.629. The Morgan fingerprint density at radius 2 is 1.68 bits per heavy atom. The summed E-state index contributed by atoms with van der Waals surface area (Å²) in [6.07, 6.45) is 0. The molecule has 0 aliphatic carbocycles. The fraction of sp³-hybridized carbons (Fsp3) is 0.286. The maximum Gasteiger partial charge on any atom is 0.338 e. The summed E-state index contributed by atoms with van der Waals surface area (Å²) in [7, 11) is 0. The van der Waals surface area contributed by atoms with Crippen LogP contribution in [0, 0.1) is 13.8 Å². The minimum Gasteiger partial charge on any atom is -0.484 e. The number of carbonyl (C=O) groups is 3. The molecule has 148 valence electrons. The molecular weight excluding hydrogens is 360 g/mol. The summed E-state index contributed by atoms with van der Waals surface area (Å²) in [4.78, 5) is 34.8. The van der Waals surface area contributed by atoms with Gasteiger partial charge in [-0.05, 0) is 61.7 Å². The van der Waals surface area contributed by atoms with E-state index in [1.54, 1.807) is 0 Å². The molecule has 2 rings (SSSR count). The van der Waals surface area contributed by atoms with Crippen molar-refractivity contribution in [3.8, 4) is 5.75 Å². The molecule has 0 saturated carbocycles. The number of hydrogen-bond donors (Lipinski definition) is 2. The van der Waals surface area contributed by atoms with Gasteiger partial charge in [-0.1, -0.05) is 18.2 Å². The molecular formula is C21H24N2O5. The number of benzene rings is 2. The van der Waals surface area contributed by atoms with Crippen LogP contribution in [0.15, 0.2) is 42.5 Å². The molecule has 2 aromatic carbocycles. The van der Waals surface area contributed by atoms with E-state index in [0.29, 0.717) is 5.75 Å². The van der Waals surface area contributed by atoms with Crippen molar-refractivity contribution in [3.63, 3.8) is 0 Å². The first-order valence-corrected chi connectivity index (χ1v) is 8.81. The van der Waals surface area contributed by atoms with Crippen molar-refractivity contribution in [1.29, 1.82) is 0 Å². The van der Waals surface area contributed by atoms with E-state index in [9.17, 15) is 14.4 Å². The molecule has 28 heavy (non-hydrogen) atoms. The maximum absolute atomic E-state index is 12.1. The normalized spacial score (nSPS) is 11.4. The van der Waals surface area contributed by atoms with Crippen molar-refractivity contribution in [3.05, 3.63) is 64.7 Å². The summed E-state index contributed by atoms with van der Waals surface area (Å²) < 4.78 is 10.2. The van der Waals surface area contributed by atoms with Crippen LogP contribution in [0.5, 0.6) is 5.75 Å². The lowest BCUT2D eigenvalue weighted by Gasteiger charge is -2.16. The second-order valence-corrected chi connectivity index (χ2v) is 6.49. The van der Waals surface area contributed by atoms with Gasteiger partial charge in [0.2, 0.25) is 0 Å². The molecule has 7 nitrogen and oxygen atoms in total. The van der Waals surface area contributed by atoms with E-state index in [1.807, 2.05) is 39.0 Å². The van der Waals surface area contributed by atoms with Gasteiger partial charge in [0.1, 0.15) is 5.75 Å². The quantitative estimate of drug-likeness (QED) is 0.679. The van der Waals surface area contributed by atoms with Crippen LogP contribution in [0.1, 0.15) is 40.0 Å². The molecule has 7 heteroatoms. The molecule has 0 radical (unpaired) electrons. The second-order valence-electron chi connectivity index (χ2n) is 6.49. The number of amides is 2. The van der Waals surface area contributed by atoms with E-state index in [-0.39, 0.29) is 30.7 Å². The van der Waals surface area contributed by atoms with Crippen LogP contribution >= 0.6 is 0 Å². The van der Waals surface area contributed by atoms with Gasteiger partial charge in [-0.15, -0.1) is 0 Å². The molecule has 0 aromatic heterocycles. The third kappa shape index (κ3) is 6.12. The van der Waals surface area contributed by atoms with Gasteiger partial charge in [0.15, 0.2) is 13.2 Å². The predicted octanol–water partition coefficient (Wildman–Crippen LogP) is 2.20. The van der Waals surface area contributed by atoms with Gasteiger partial charge < -0.3 is 20.5 Å². The molecule has 2 amide bonds. The lowest BCUT2D eigenvalue weighted by atomic mass is 10.0. The third-order valence-electron chi connectivity index (χ3n) is 4.21. The zero-order chi connectivity index (χ0) is 20.7. The topological polar surface area (TPSA) is 108 Å². The van der Waals surface area contributed by atoms with Crippen molar-refractivity contribution in [2.24, 2.45) is 5.73 Å². The molecule has 0 unspecified atom stereocenters. The van der Waals surface area contributed by atoms with E-state index < -0.39 is 11.9 Å². The Morgan fingerprint density at radius 1 is 1.00 bits per heavy atom. The first-order valence-electron chi connectivity index (χ1n) is 8.81. The molecule has 0 aliphatic heterocycles. The van der Waals surface area contributed by atoms with E-state index in [1.165, 1.54) is 29.8 Å². The first-order chi connectivity index (χ1) is 13.3. The zero-order valence-electron chi connectivity index (χ0n) is 16.2. The molecule has 0 aliphatic rings. The SMILES string of the molecule is Cc1ccc([C@@H](C)NC(=O)COC(=O)c2ccc(OCC(N)=O)cc2)cc1C. The van der Waals surface area contributed by atoms with E-state index >= 15 is 0 Å². The summed E-state index contributed by atoms with van der Waals surface area (Å²) >= 11 is 0. The highest BCUT2D eigenvalue weighted by Crippen LogP contribution is 2.17. The third-order valence-corrected chi connectivity index (χ3v) is 4.21. The number of nitrogens with two attached hydrogens (primary N) is 1. The highest BCUT2D eigenvalue weighted by molar-refractivity contribution is 5.91. The molecule has 0 saturated heterocycles. The van der Waals surface area contributed by atoms with Crippen molar-refractivity contribution < 1.29 is 23.9 Å². The fourth-order valence-electron chi connectivity index (χ4n) is 2.46. The van der Waals surface area contributed by atoms with Gasteiger partial charge >= 0.3 is 5.97 Å². The van der Waals surface area contributed by atoms with Crippen LogP contribution in [-0.2, 0) is 14.3 Å². The van der Waals surface area contributed by atoms with E-state index in [0.717, 1.165) is 11.1 Å².